The number of rotatable bonds is 6. The second-order valence-corrected chi connectivity index (χ2v) is 18.1. The fraction of sp³-hybridized carbons (Fsp3) is 0. The van der Waals surface area contributed by atoms with Crippen LogP contribution in [0.3, 0.4) is 0 Å². The Morgan fingerprint density at radius 1 is 0.373 bits per heavy atom. The van der Waals surface area contributed by atoms with Crippen molar-refractivity contribution in [2.45, 2.75) is 0 Å². The molecule has 0 N–H and O–H groups in total. The molecule has 6 heteroatoms. The molecular weight excluding hydrogens is 837 g/mol. The van der Waals surface area contributed by atoms with Crippen LogP contribution in [0.15, 0.2) is 223 Å². The Bertz CT molecular complexity index is 4270. The number of hydrogen-bond acceptors (Lipinski definition) is 5. The van der Waals surface area contributed by atoms with E-state index < -0.39 is 0 Å². The topological polar surface area (TPSA) is 56.7 Å². The molecular formula is C61H36N4OS. The lowest BCUT2D eigenvalue weighted by Gasteiger charge is -2.16. The highest BCUT2D eigenvalue weighted by molar-refractivity contribution is 7.26. The smallest absolute Gasteiger partial charge is 0.166 e. The number of para-hydroxylation sites is 2. The summed E-state index contributed by atoms with van der Waals surface area (Å²) in [6, 6.07) is 77.3. The van der Waals surface area contributed by atoms with Gasteiger partial charge in [0.25, 0.3) is 0 Å². The summed E-state index contributed by atoms with van der Waals surface area (Å²) >= 11 is 1.86. The zero-order valence-corrected chi connectivity index (χ0v) is 36.7. The molecule has 0 aliphatic rings. The van der Waals surface area contributed by atoms with Crippen LogP contribution in [-0.2, 0) is 0 Å². The summed E-state index contributed by atoms with van der Waals surface area (Å²) in [4.78, 5) is 16.0. The van der Waals surface area contributed by atoms with E-state index >= 15 is 0 Å². The minimum atomic E-state index is 0.563. The predicted octanol–water partition coefficient (Wildman–Crippen LogP) is 16.7. The molecule has 0 radical (unpaired) electrons. The molecule has 0 saturated heterocycles. The van der Waals surface area contributed by atoms with E-state index in [2.05, 4.69) is 193 Å². The summed E-state index contributed by atoms with van der Waals surface area (Å²) < 4.78 is 11.6. The van der Waals surface area contributed by atoms with Crippen LogP contribution in [0.25, 0.3) is 137 Å². The van der Waals surface area contributed by atoms with E-state index in [4.69, 9.17) is 19.4 Å². The summed E-state index contributed by atoms with van der Waals surface area (Å²) in [6.07, 6.45) is 0. The molecule has 0 bridgehead atoms. The van der Waals surface area contributed by atoms with Crippen molar-refractivity contribution in [2.75, 3.05) is 0 Å². The van der Waals surface area contributed by atoms with Gasteiger partial charge in [-0.05, 0) is 75.5 Å². The number of furan rings is 1. The van der Waals surface area contributed by atoms with Crippen molar-refractivity contribution < 1.29 is 4.42 Å². The van der Waals surface area contributed by atoms with E-state index in [1.165, 1.54) is 58.4 Å². The molecule has 5 nitrogen and oxygen atoms in total. The molecule has 0 aliphatic heterocycles. The van der Waals surface area contributed by atoms with Gasteiger partial charge in [-0.2, -0.15) is 0 Å². The van der Waals surface area contributed by atoms with E-state index in [1.54, 1.807) is 0 Å². The summed E-state index contributed by atoms with van der Waals surface area (Å²) in [5.41, 5.74) is 12.1. The average molecular weight is 873 g/mol. The van der Waals surface area contributed by atoms with Crippen LogP contribution < -0.4 is 0 Å². The highest BCUT2D eigenvalue weighted by Gasteiger charge is 2.25. The molecule has 0 aliphatic carbocycles. The van der Waals surface area contributed by atoms with Gasteiger partial charge in [0.05, 0.1) is 22.3 Å². The number of hydrogen-bond donors (Lipinski definition) is 0. The van der Waals surface area contributed by atoms with Crippen LogP contribution in [0.1, 0.15) is 0 Å². The molecule has 10 aromatic carbocycles. The zero-order chi connectivity index (χ0) is 44.0. The van der Waals surface area contributed by atoms with E-state index in [0.29, 0.717) is 17.5 Å². The maximum Gasteiger partial charge on any atom is 0.166 e. The van der Waals surface area contributed by atoms with E-state index in [0.717, 1.165) is 60.9 Å². The van der Waals surface area contributed by atoms with E-state index in [9.17, 15) is 0 Å². The second-order valence-electron chi connectivity index (χ2n) is 17.1. The lowest BCUT2D eigenvalue weighted by molar-refractivity contribution is 0.669. The van der Waals surface area contributed by atoms with Gasteiger partial charge in [0, 0.05) is 52.8 Å². The van der Waals surface area contributed by atoms with Gasteiger partial charge < -0.3 is 8.98 Å². The van der Waals surface area contributed by atoms with Crippen molar-refractivity contribution in [1.82, 2.24) is 19.5 Å². The van der Waals surface area contributed by atoms with Crippen molar-refractivity contribution in [1.29, 1.82) is 0 Å². The van der Waals surface area contributed by atoms with E-state index in [-0.39, 0.29) is 0 Å². The number of fused-ring (bicyclic) bond motifs is 10. The number of benzene rings is 10. The monoisotopic (exact) mass is 872 g/mol. The molecule has 67 heavy (non-hydrogen) atoms. The quantitative estimate of drug-likeness (QED) is 0.167. The molecule has 312 valence electrons. The second kappa shape index (κ2) is 14.9. The Morgan fingerprint density at radius 3 is 1.85 bits per heavy atom. The van der Waals surface area contributed by atoms with Gasteiger partial charge in [0.15, 0.2) is 17.5 Å². The molecule has 0 unspecified atom stereocenters. The lowest BCUT2D eigenvalue weighted by atomic mass is 9.97. The minimum absolute atomic E-state index is 0.563. The third kappa shape index (κ3) is 5.97. The standard InChI is InChI=1S/C61H36N4OS/c1-2-15-39(16-3-1)59-62-60(40-30-28-38(29-31-40)43-22-12-17-37-14-4-5-18-42(37)43)64-61(63-59)57-52(34-35-54-56(57)48-21-7-10-26-53(48)66-54)65-50-25-9-6-19-45(50)49-36-41(32-33-51(49)65)44-23-13-24-47-46-20-8-11-27-55(46)67-58(44)47/h1-36H. The van der Waals surface area contributed by atoms with Gasteiger partial charge in [0.2, 0.25) is 0 Å². The van der Waals surface area contributed by atoms with Crippen LogP contribution in [0, 0.1) is 0 Å². The third-order valence-electron chi connectivity index (χ3n) is 13.3. The fourth-order valence-electron chi connectivity index (χ4n) is 10.2. The molecule has 4 aromatic heterocycles. The number of thiophene rings is 1. The molecule has 0 fully saturated rings. The van der Waals surface area contributed by atoms with Gasteiger partial charge >= 0.3 is 0 Å². The first-order valence-electron chi connectivity index (χ1n) is 22.5. The predicted molar refractivity (Wildman–Crippen MR) is 279 cm³/mol. The molecule has 0 atom stereocenters. The van der Waals surface area contributed by atoms with Crippen molar-refractivity contribution in [3.05, 3.63) is 218 Å². The Kier molecular flexibility index (Phi) is 8.38. The minimum Gasteiger partial charge on any atom is -0.456 e. The van der Waals surface area contributed by atoms with Crippen LogP contribution in [-0.4, -0.2) is 19.5 Å². The largest absolute Gasteiger partial charge is 0.456 e. The fourth-order valence-corrected chi connectivity index (χ4v) is 11.4. The SMILES string of the molecule is c1ccc(-c2nc(-c3ccc(-c4cccc5ccccc45)cc3)nc(-c3c(-n4c5ccccc5c5cc(-c6cccc7c6sc6ccccc67)ccc54)ccc4oc5ccccc5c34)n2)cc1. The van der Waals surface area contributed by atoms with Crippen LogP contribution in [0.5, 0.6) is 0 Å². The zero-order valence-electron chi connectivity index (χ0n) is 35.9. The highest BCUT2D eigenvalue weighted by Crippen LogP contribution is 2.45. The molecule has 0 saturated carbocycles. The van der Waals surface area contributed by atoms with Crippen molar-refractivity contribution in [3.63, 3.8) is 0 Å². The molecule has 4 heterocycles. The first-order valence-corrected chi connectivity index (χ1v) is 23.3. The van der Waals surface area contributed by atoms with Gasteiger partial charge in [-0.3, -0.25) is 0 Å². The maximum absolute atomic E-state index is 6.62. The van der Waals surface area contributed by atoms with Gasteiger partial charge in [-0.25, -0.2) is 15.0 Å². The Hall–Kier alpha value is -8.71. The van der Waals surface area contributed by atoms with E-state index in [1.807, 2.05) is 41.7 Å². The highest BCUT2D eigenvalue weighted by atomic mass is 32.1. The summed E-state index contributed by atoms with van der Waals surface area (Å²) in [5, 5.41) is 9.30. The lowest BCUT2D eigenvalue weighted by Crippen LogP contribution is -2.04. The van der Waals surface area contributed by atoms with Gasteiger partial charge in [-0.15, -0.1) is 11.3 Å². The van der Waals surface area contributed by atoms with Crippen molar-refractivity contribution >= 4 is 86.0 Å². The first kappa shape index (κ1) is 37.6. The molecule has 0 amide bonds. The summed E-state index contributed by atoms with van der Waals surface area (Å²) in [6.45, 7) is 0. The number of nitrogens with zero attached hydrogens (tertiary/aromatic N) is 4. The van der Waals surface area contributed by atoms with Crippen molar-refractivity contribution in [3.8, 4) is 62.1 Å². The maximum atomic E-state index is 6.62. The van der Waals surface area contributed by atoms with Crippen LogP contribution in [0.2, 0.25) is 0 Å². The Balaban J connectivity index is 1.01. The number of aromatic nitrogens is 4. The average Bonchev–Trinajstić information content (AvgIpc) is 4.08. The Morgan fingerprint density at radius 2 is 0.985 bits per heavy atom. The normalized spacial score (nSPS) is 11.9. The van der Waals surface area contributed by atoms with Gasteiger partial charge in [-0.1, -0.05) is 176 Å². The summed E-state index contributed by atoms with van der Waals surface area (Å²) in [7, 11) is 0. The van der Waals surface area contributed by atoms with Crippen molar-refractivity contribution in [2.24, 2.45) is 0 Å². The summed E-state index contributed by atoms with van der Waals surface area (Å²) in [5.74, 6) is 1.75. The van der Waals surface area contributed by atoms with Crippen LogP contribution >= 0.6 is 11.3 Å². The van der Waals surface area contributed by atoms with Gasteiger partial charge in [0.1, 0.15) is 11.2 Å². The molecule has 0 spiro atoms. The first-order chi connectivity index (χ1) is 33.2. The van der Waals surface area contributed by atoms with Crippen LogP contribution in [0.4, 0.5) is 0 Å². The Labute approximate surface area is 388 Å². The third-order valence-corrected chi connectivity index (χ3v) is 14.5. The molecule has 14 rings (SSSR count). The molecule has 14 aromatic rings.